The fourth-order valence-electron chi connectivity index (χ4n) is 4.52. The smallest absolute Gasteiger partial charge is 0.0540 e. The molecule has 0 fully saturated rings. The van der Waals surface area contributed by atoms with E-state index in [1.807, 2.05) is 12.1 Å². The number of thiol groups is 1. The van der Waals surface area contributed by atoms with Gasteiger partial charge in [-0.05, 0) is 69.4 Å². The molecule has 2 heteroatoms. The number of rotatable bonds is 3. The molecule has 0 aliphatic rings. The van der Waals surface area contributed by atoms with Crippen molar-refractivity contribution in [1.29, 1.82) is 0 Å². The van der Waals surface area contributed by atoms with E-state index in [0.717, 1.165) is 16.3 Å². The number of benzene rings is 6. The zero-order valence-corrected chi connectivity index (χ0v) is 17.2. The Morgan fingerprint density at radius 2 is 1.07 bits per heavy atom. The molecule has 0 aliphatic heterocycles. The first-order chi connectivity index (χ1) is 14.8. The Hall–Kier alpha value is -3.49. The lowest BCUT2D eigenvalue weighted by atomic mass is 9.93. The van der Waals surface area contributed by atoms with Gasteiger partial charge in [-0.2, -0.15) is 0 Å². The Morgan fingerprint density at radius 3 is 1.80 bits per heavy atom. The maximum Gasteiger partial charge on any atom is 0.0540 e. The molecule has 0 atom stereocenters. The Balaban J connectivity index is 1.71. The van der Waals surface area contributed by atoms with Gasteiger partial charge < -0.3 is 4.90 Å². The zero-order valence-electron chi connectivity index (χ0n) is 16.3. The maximum absolute atomic E-state index is 4.48. The molecule has 0 unspecified atom stereocenters. The van der Waals surface area contributed by atoms with Gasteiger partial charge in [0.1, 0.15) is 0 Å². The Bertz CT molecular complexity index is 1470. The van der Waals surface area contributed by atoms with Crippen LogP contribution in [-0.4, -0.2) is 0 Å². The van der Waals surface area contributed by atoms with Crippen LogP contribution in [0.1, 0.15) is 0 Å². The molecule has 0 amide bonds. The first-order valence-corrected chi connectivity index (χ1v) is 10.5. The molecule has 0 saturated carbocycles. The van der Waals surface area contributed by atoms with Crippen LogP contribution in [0.4, 0.5) is 17.1 Å². The van der Waals surface area contributed by atoms with E-state index in [1.54, 1.807) is 0 Å². The van der Waals surface area contributed by atoms with Crippen LogP contribution < -0.4 is 4.90 Å². The highest BCUT2D eigenvalue weighted by Crippen LogP contribution is 2.43. The Morgan fingerprint density at radius 1 is 0.467 bits per heavy atom. The lowest BCUT2D eigenvalue weighted by molar-refractivity contribution is 1.28. The van der Waals surface area contributed by atoms with E-state index in [-0.39, 0.29) is 0 Å². The summed E-state index contributed by atoms with van der Waals surface area (Å²) in [5.41, 5.74) is 3.44. The fourth-order valence-corrected chi connectivity index (χ4v) is 4.67. The lowest BCUT2D eigenvalue weighted by Crippen LogP contribution is -2.10. The molecule has 0 bridgehead atoms. The molecule has 30 heavy (non-hydrogen) atoms. The first kappa shape index (κ1) is 17.4. The van der Waals surface area contributed by atoms with Gasteiger partial charge in [-0.15, -0.1) is 12.6 Å². The van der Waals surface area contributed by atoms with Gasteiger partial charge in [-0.3, -0.25) is 0 Å². The Kier molecular flexibility index (Phi) is 3.93. The molecular weight excluding hydrogens is 382 g/mol. The van der Waals surface area contributed by atoms with Gasteiger partial charge in [0.2, 0.25) is 0 Å². The quantitative estimate of drug-likeness (QED) is 0.230. The summed E-state index contributed by atoms with van der Waals surface area (Å²) >= 11 is 4.48. The summed E-state index contributed by atoms with van der Waals surface area (Å²) in [4.78, 5) is 3.29. The maximum atomic E-state index is 4.48. The van der Waals surface area contributed by atoms with Crippen LogP contribution >= 0.6 is 12.6 Å². The minimum atomic E-state index is 0.960. The highest BCUT2D eigenvalue weighted by Gasteiger charge is 2.17. The number of anilines is 3. The number of nitrogens with zero attached hydrogens (tertiary/aromatic N) is 1. The molecule has 142 valence electrons. The summed E-state index contributed by atoms with van der Waals surface area (Å²) < 4.78 is 0. The summed E-state index contributed by atoms with van der Waals surface area (Å²) in [7, 11) is 0. The zero-order chi connectivity index (χ0) is 20.1. The van der Waals surface area contributed by atoms with Crippen molar-refractivity contribution in [3.8, 4) is 0 Å². The normalized spacial score (nSPS) is 11.5. The van der Waals surface area contributed by atoms with E-state index in [4.69, 9.17) is 0 Å². The van der Waals surface area contributed by atoms with Crippen LogP contribution in [0.3, 0.4) is 0 Å². The predicted octanol–water partition coefficient (Wildman–Crippen LogP) is 8.34. The minimum absolute atomic E-state index is 0.960. The van der Waals surface area contributed by atoms with Gasteiger partial charge in [0.25, 0.3) is 0 Å². The summed E-state index contributed by atoms with van der Waals surface area (Å²) in [6, 6.07) is 38.9. The van der Waals surface area contributed by atoms with Crippen molar-refractivity contribution >= 4 is 62.0 Å². The summed E-state index contributed by atoms with van der Waals surface area (Å²) in [5.74, 6) is 0. The molecule has 0 aliphatic carbocycles. The molecule has 0 N–H and O–H groups in total. The highest BCUT2D eigenvalue weighted by molar-refractivity contribution is 7.80. The molecule has 1 nitrogen and oxygen atoms in total. The second-order valence-electron chi connectivity index (χ2n) is 7.63. The van der Waals surface area contributed by atoms with E-state index < -0.39 is 0 Å². The van der Waals surface area contributed by atoms with Gasteiger partial charge >= 0.3 is 0 Å². The van der Waals surface area contributed by atoms with Crippen LogP contribution in [0.15, 0.2) is 114 Å². The highest BCUT2D eigenvalue weighted by atomic mass is 32.1. The number of para-hydroxylation sites is 1. The minimum Gasteiger partial charge on any atom is -0.310 e. The molecule has 0 spiro atoms. The summed E-state index contributed by atoms with van der Waals surface area (Å²) in [6.07, 6.45) is 0. The van der Waals surface area contributed by atoms with E-state index in [0.29, 0.717) is 0 Å². The van der Waals surface area contributed by atoms with Crippen LogP contribution in [0.5, 0.6) is 0 Å². The molecule has 6 aromatic carbocycles. The van der Waals surface area contributed by atoms with Gasteiger partial charge in [0.15, 0.2) is 0 Å². The van der Waals surface area contributed by atoms with Crippen molar-refractivity contribution in [2.45, 2.75) is 4.90 Å². The largest absolute Gasteiger partial charge is 0.310 e. The van der Waals surface area contributed by atoms with E-state index in [2.05, 4.69) is 115 Å². The average Bonchev–Trinajstić information content (AvgIpc) is 2.80. The Labute approximate surface area is 180 Å². The van der Waals surface area contributed by atoms with Crippen molar-refractivity contribution < 1.29 is 0 Å². The third kappa shape index (κ3) is 2.65. The number of hydrogen-bond acceptors (Lipinski definition) is 2. The van der Waals surface area contributed by atoms with E-state index in [1.165, 1.54) is 38.0 Å². The van der Waals surface area contributed by atoms with Crippen LogP contribution in [0.2, 0.25) is 0 Å². The van der Waals surface area contributed by atoms with Crippen LogP contribution in [-0.2, 0) is 0 Å². The van der Waals surface area contributed by atoms with Crippen LogP contribution in [0.25, 0.3) is 32.3 Å². The molecule has 0 aromatic heterocycles. The third-order valence-corrected chi connectivity index (χ3v) is 6.17. The molecule has 0 heterocycles. The van der Waals surface area contributed by atoms with Gasteiger partial charge in [0.05, 0.1) is 5.69 Å². The van der Waals surface area contributed by atoms with Crippen LogP contribution in [0, 0.1) is 0 Å². The lowest BCUT2D eigenvalue weighted by Gasteiger charge is -2.27. The molecule has 0 saturated heterocycles. The monoisotopic (exact) mass is 401 g/mol. The van der Waals surface area contributed by atoms with Crippen molar-refractivity contribution in [2.75, 3.05) is 4.90 Å². The van der Waals surface area contributed by atoms with Crippen molar-refractivity contribution in [2.24, 2.45) is 0 Å². The third-order valence-electron chi connectivity index (χ3n) is 5.87. The van der Waals surface area contributed by atoms with E-state index >= 15 is 0 Å². The predicted molar refractivity (Wildman–Crippen MR) is 132 cm³/mol. The van der Waals surface area contributed by atoms with Gasteiger partial charge in [0, 0.05) is 21.7 Å². The number of hydrogen-bond donors (Lipinski definition) is 1. The molecule has 6 rings (SSSR count). The van der Waals surface area contributed by atoms with Crippen molar-refractivity contribution in [3.63, 3.8) is 0 Å². The SMILES string of the molecule is Sc1ccc(N(c2ccccc2)c2ccc3ccc4cccc5ccc2c3c45)cc1. The second kappa shape index (κ2) is 6.79. The molecular formula is C28H19NS. The summed E-state index contributed by atoms with van der Waals surface area (Å²) in [6.45, 7) is 0. The molecule has 0 radical (unpaired) electrons. The van der Waals surface area contributed by atoms with Gasteiger partial charge in [-0.1, -0.05) is 66.7 Å². The molecule has 6 aromatic rings. The second-order valence-corrected chi connectivity index (χ2v) is 8.14. The van der Waals surface area contributed by atoms with Crippen molar-refractivity contribution in [1.82, 2.24) is 0 Å². The van der Waals surface area contributed by atoms with Crippen molar-refractivity contribution in [3.05, 3.63) is 109 Å². The first-order valence-electron chi connectivity index (χ1n) is 10.1. The fraction of sp³-hybridized carbons (Fsp3) is 0. The average molecular weight is 402 g/mol. The summed E-state index contributed by atoms with van der Waals surface area (Å²) in [5, 5.41) is 7.78. The standard InChI is InChI=1S/C28H19NS/c30-24-15-13-23(14-16-24)29(22-7-2-1-3-8-22)26-18-12-21-10-9-19-5-4-6-20-11-17-25(26)28(21)27(19)20/h1-18,30H. The van der Waals surface area contributed by atoms with Gasteiger partial charge in [-0.25, -0.2) is 0 Å². The topological polar surface area (TPSA) is 3.24 Å². The van der Waals surface area contributed by atoms with E-state index in [9.17, 15) is 0 Å².